The topological polar surface area (TPSA) is 188 Å². The van der Waals surface area contributed by atoms with Crippen LogP contribution in [0, 0.1) is 34.0 Å². The van der Waals surface area contributed by atoms with Crippen LogP contribution in [0.1, 0.15) is 59.8 Å². The van der Waals surface area contributed by atoms with Crippen LogP contribution in [-0.4, -0.2) is 82.4 Å². The number of esters is 1. The molecule has 0 radical (unpaired) electrons. The Morgan fingerprint density at radius 2 is 1.82 bits per heavy atom. The van der Waals surface area contributed by atoms with Crippen molar-refractivity contribution in [2.24, 2.45) is 34.0 Å². The highest BCUT2D eigenvalue weighted by Crippen LogP contribution is 2.68. The Hall–Kier alpha value is -3.19. The first-order chi connectivity index (χ1) is 20.9. The van der Waals surface area contributed by atoms with Gasteiger partial charge in [0.15, 0.2) is 0 Å². The molecule has 3 aliphatic carbocycles. The van der Waals surface area contributed by atoms with Gasteiger partial charge in [-0.3, -0.25) is 24.0 Å². The zero-order chi connectivity index (χ0) is 33.6. The second-order valence-electron chi connectivity index (χ2n) is 13.7. The van der Waals surface area contributed by atoms with Crippen molar-refractivity contribution in [2.45, 2.75) is 78.0 Å². The fourth-order valence-corrected chi connectivity index (χ4v) is 9.28. The fraction of sp³-hybridized carbons (Fsp3) is 0.688. The first-order valence-electron chi connectivity index (χ1n) is 15.3. The summed E-state index contributed by atoms with van der Waals surface area (Å²) in [6, 6.07) is -1.36. The zero-order valence-electron chi connectivity index (χ0n) is 26.5. The molecule has 9 atom stereocenters. The molecule has 248 valence electrons. The van der Waals surface area contributed by atoms with Crippen molar-refractivity contribution in [3.05, 3.63) is 33.1 Å². The number of hydrogen-bond acceptors (Lipinski definition) is 11. The lowest BCUT2D eigenvalue weighted by atomic mass is 9.44. The number of rotatable bonds is 12. The van der Waals surface area contributed by atoms with E-state index in [9.17, 15) is 39.0 Å². The lowest BCUT2D eigenvalue weighted by Crippen LogP contribution is -2.63. The molecule has 13 heteroatoms. The summed E-state index contributed by atoms with van der Waals surface area (Å²) in [4.78, 5) is 75.3. The van der Waals surface area contributed by atoms with Gasteiger partial charge in [0, 0.05) is 36.0 Å². The Morgan fingerprint density at radius 3 is 2.42 bits per heavy atom. The molecule has 1 unspecified atom stereocenters. The van der Waals surface area contributed by atoms with E-state index in [0.29, 0.717) is 12.8 Å². The Labute approximate surface area is 266 Å². The number of carbonyl (C=O) groups is 4. The second-order valence-corrected chi connectivity index (χ2v) is 14.8. The molecule has 1 aromatic rings. The molecule has 0 saturated heterocycles. The third-order valence-electron chi connectivity index (χ3n) is 11.3. The highest BCUT2D eigenvalue weighted by molar-refractivity contribution is 8.00. The molecule has 3 fully saturated rings. The van der Waals surface area contributed by atoms with Gasteiger partial charge in [-0.1, -0.05) is 33.8 Å². The molecule has 12 nitrogen and oxygen atoms in total. The summed E-state index contributed by atoms with van der Waals surface area (Å²) in [5, 5.41) is 33.0. The zero-order valence-corrected chi connectivity index (χ0v) is 27.3. The molecular formula is C32H44N2O10S. The van der Waals surface area contributed by atoms with Gasteiger partial charge in [-0.05, 0) is 42.9 Å². The van der Waals surface area contributed by atoms with E-state index in [1.807, 2.05) is 20.8 Å². The molecule has 0 amide bonds. The normalized spacial score (nSPS) is 35.1. The average molecular weight is 649 g/mol. The first kappa shape index (κ1) is 34.7. The van der Waals surface area contributed by atoms with Gasteiger partial charge in [0.25, 0.3) is 10.9 Å². The van der Waals surface area contributed by atoms with Crippen LogP contribution in [0.5, 0.6) is 0 Å². The standard InChI is InChI=1S/C32H44N2O10S/c1-7-30(4)12-20(31(5)16(2)8-10-32(17(3)28(30)41)11-9-19(35)27(31)32)44-22(38)15-45-14-18(29(42)43)33-23-24(26(40)25(23)39)34(6)13-21(36)37/h7,16-18,20,27-28,33,41H,1,8-15H2,2-6H3,(H,36,37)(H,42,43)/t16-,17+,18?,20-,27+,28+,30-,31+,32+/m1/s1. The van der Waals surface area contributed by atoms with E-state index < -0.39 is 69.8 Å². The van der Waals surface area contributed by atoms with Crippen LogP contribution in [0.4, 0.5) is 11.4 Å². The van der Waals surface area contributed by atoms with Crippen molar-refractivity contribution in [1.82, 2.24) is 0 Å². The van der Waals surface area contributed by atoms with Crippen LogP contribution < -0.4 is 21.1 Å². The summed E-state index contributed by atoms with van der Waals surface area (Å²) in [6.45, 7) is 11.5. The molecule has 3 saturated carbocycles. The predicted molar refractivity (Wildman–Crippen MR) is 169 cm³/mol. The maximum atomic E-state index is 13.5. The van der Waals surface area contributed by atoms with Gasteiger partial charge in [0.1, 0.15) is 35.8 Å². The van der Waals surface area contributed by atoms with Crippen molar-refractivity contribution in [3.63, 3.8) is 0 Å². The molecular weight excluding hydrogens is 604 g/mol. The van der Waals surface area contributed by atoms with E-state index in [0.717, 1.165) is 29.5 Å². The number of aliphatic hydroxyl groups excluding tert-OH is 1. The van der Waals surface area contributed by atoms with E-state index >= 15 is 0 Å². The average Bonchev–Trinajstić information content (AvgIpc) is 3.33. The largest absolute Gasteiger partial charge is 0.480 e. The number of thioether (sulfide) groups is 1. The van der Waals surface area contributed by atoms with Crippen molar-refractivity contribution in [2.75, 3.05) is 35.3 Å². The molecule has 0 aromatic heterocycles. The van der Waals surface area contributed by atoms with Crippen molar-refractivity contribution in [3.8, 4) is 0 Å². The maximum Gasteiger partial charge on any atom is 0.326 e. The van der Waals surface area contributed by atoms with Crippen LogP contribution in [-0.2, 0) is 23.9 Å². The summed E-state index contributed by atoms with van der Waals surface area (Å²) in [7, 11) is 1.30. The number of carbonyl (C=O) groups excluding carboxylic acids is 2. The Morgan fingerprint density at radius 1 is 1.16 bits per heavy atom. The molecule has 0 aliphatic heterocycles. The quantitative estimate of drug-likeness (QED) is 0.147. The van der Waals surface area contributed by atoms with Crippen molar-refractivity contribution < 1.29 is 39.2 Å². The number of ether oxygens (including phenoxy) is 1. The number of likely N-dealkylation sites (N-methyl/N-ethyl adjacent to an activating group) is 1. The number of Topliss-reactive ketones (excluding diaryl/α,β-unsaturated/α-hetero) is 1. The number of anilines is 2. The minimum Gasteiger partial charge on any atom is -0.480 e. The molecule has 2 bridgehead atoms. The number of nitrogens with zero attached hydrogens (tertiary/aromatic N) is 1. The van der Waals surface area contributed by atoms with E-state index in [1.54, 1.807) is 6.08 Å². The third-order valence-corrected chi connectivity index (χ3v) is 12.3. The third kappa shape index (κ3) is 5.82. The lowest BCUT2D eigenvalue weighted by Gasteiger charge is -2.61. The Balaban J connectivity index is 1.51. The molecule has 4 rings (SSSR count). The fourth-order valence-electron chi connectivity index (χ4n) is 8.46. The first-order valence-corrected chi connectivity index (χ1v) is 16.5. The second kappa shape index (κ2) is 12.5. The van der Waals surface area contributed by atoms with E-state index in [2.05, 4.69) is 18.8 Å². The van der Waals surface area contributed by atoms with Crippen LogP contribution in [0.2, 0.25) is 0 Å². The lowest BCUT2D eigenvalue weighted by molar-refractivity contribution is -0.205. The summed E-state index contributed by atoms with van der Waals surface area (Å²) >= 11 is 0.962. The van der Waals surface area contributed by atoms with E-state index in [4.69, 9.17) is 9.84 Å². The molecule has 1 aromatic carbocycles. The number of carboxylic acid groups (broad SMARTS) is 2. The summed E-state index contributed by atoms with van der Waals surface area (Å²) in [5.41, 5.74) is -4.24. The van der Waals surface area contributed by atoms with Gasteiger partial charge < -0.3 is 30.3 Å². The van der Waals surface area contributed by atoms with Crippen molar-refractivity contribution in [1.29, 1.82) is 0 Å². The Kier molecular flexibility index (Phi) is 9.67. The van der Waals surface area contributed by atoms with Crippen LogP contribution in [0.25, 0.3) is 0 Å². The smallest absolute Gasteiger partial charge is 0.326 e. The molecule has 3 aliphatic rings. The number of carboxylic acids is 2. The molecule has 4 N–H and O–H groups in total. The molecule has 45 heavy (non-hydrogen) atoms. The molecule has 0 spiro atoms. The van der Waals surface area contributed by atoms with Gasteiger partial charge >= 0.3 is 17.9 Å². The summed E-state index contributed by atoms with van der Waals surface area (Å²) in [5.74, 6) is -3.90. The van der Waals surface area contributed by atoms with E-state index in [-0.39, 0.29) is 52.8 Å². The highest BCUT2D eigenvalue weighted by atomic mass is 32.2. The number of aliphatic carboxylic acids is 2. The number of aliphatic hydroxyl groups is 1. The highest BCUT2D eigenvalue weighted by Gasteiger charge is 2.68. The number of hydrogen-bond donors (Lipinski definition) is 4. The molecule has 0 heterocycles. The van der Waals surface area contributed by atoms with Gasteiger partial charge in [-0.2, -0.15) is 0 Å². The van der Waals surface area contributed by atoms with Gasteiger partial charge in [-0.25, -0.2) is 4.79 Å². The van der Waals surface area contributed by atoms with Crippen LogP contribution >= 0.6 is 11.8 Å². The van der Waals surface area contributed by atoms with Crippen molar-refractivity contribution >= 4 is 46.8 Å². The van der Waals surface area contributed by atoms with E-state index in [1.165, 1.54) is 7.05 Å². The van der Waals surface area contributed by atoms with Crippen LogP contribution in [0.3, 0.4) is 0 Å². The summed E-state index contributed by atoms with van der Waals surface area (Å²) in [6.07, 6.45) is 3.23. The van der Waals surface area contributed by atoms with Crippen LogP contribution in [0.15, 0.2) is 22.2 Å². The van der Waals surface area contributed by atoms with Gasteiger partial charge in [0.2, 0.25) is 0 Å². The maximum absolute atomic E-state index is 13.5. The SMILES string of the molecule is C=C[C@]1(C)C[C@@H](OC(=O)CSCC(Nc2c(N(C)CC(=O)O)c(=O)c2=O)C(=O)O)[C@]2(C)[C@H](C)CC[C@]3(CCC(=O)[C@H]32)[C@@H](C)[C@@H]1O. The Bertz CT molecular complexity index is 1450. The minimum atomic E-state index is -1.36. The van der Waals surface area contributed by atoms with Gasteiger partial charge in [0.05, 0.1) is 11.9 Å². The predicted octanol–water partition coefficient (Wildman–Crippen LogP) is 2.31. The number of nitrogens with one attached hydrogen (secondary N) is 1. The minimum absolute atomic E-state index is 0.0599. The van der Waals surface area contributed by atoms with Gasteiger partial charge in [-0.15, -0.1) is 18.3 Å². The number of ketones is 1. The monoisotopic (exact) mass is 648 g/mol. The summed E-state index contributed by atoms with van der Waals surface area (Å²) < 4.78 is 6.18.